The smallest absolute Gasteiger partial charge is 0.293 e. The third kappa shape index (κ3) is 28.4. The van der Waals surface area contributed by atoms with Gasteiger partial charge in [-0.1, -0.05) is 167 Å². The van der Waals surface area contributed by atoms with Crippen molar-refractivity contribution in [1.29, 1.82) is 0 Å². The van der Waals surface area contributed by atoms with Gasteiger partial charge in [0.05, 0.1) is 24.5 Å². The van der Waals surface area contributed by atoms with E-state index in [-0.39, 0.29) is 75.3 Å². The monoisotopic (exact) mass is 1850 g/mol. The van der Waals surface area contributed by atoms with E-state index in [0.717, 1.165) is 36.3 Å². The Morgan fingerprint density at radius 1 is 0.496 bits per heavy atom. The summed E-state index contributed by atoms with van der Waals surface area (Å²) in [4.78, 5) is 246. The molecule has 6 aromatic carbocycles. The predicted molar refractivity (Wildman–Crippen MR) is 490 cm³/mol. The number of carbonyl (C=O) groups is 16. The van der Waals surface area contributed by atoms with E-state index in [0.29, 0.717) is 57.1 Å². The Morgan fingerprint density at radius 3 is 1.50 bits per heavy atom. The fourth-order valence-electron chi connectivity index (χ4n) is 16.5. The van der Waals surface area contributed by atoms with Crippen LogP contribution in [-0.4, -0.2) is 295 Å². The minimum absolute atomic E-state index is 0.00341. The van der Waals surface area contributed by atoms with Gasteiger partial charge in [0.1, 0.15) is 96.6 Å². The van der Waals surface area contributed by atoms with Crippen LogP contribution < -0.4 is 53.6 Å². The minimum atomic E-state index is -1.82. The highest BCUT2D eigenvalue weighted by atomic mass is 32.2. The molecule has 4 heterocycles. The second-order valence-corrected chi connectivity index (χ2v) is 35.2. The normalized spacial score (nSPS) is 24.6. The number of likely N-dealkylation sites (N-methyl/N-ethyl adjacent to an activating group) is 3. The number of aromatic hydroxyl groups is 2. The topological polar surface area (TPSA) is 530 Å². The van der Waals surface area contributed by atoms with Crippen LogP contribution in [0, 0.1) is 5.92 Å². The lowest BCUT2D eigenvalue weighted by Crippen LogP contribution is -2.61. The molecule has 133 heavy (non-hydrogen) atoms. The molecule has 0 radical (unpaired) electrons. The van der Waals surface area contributed by atoms with Gasteiger partial charge in [-0.15, -0.1) is 11.8 Å². The highest BCUT2D eigenvalue weighted by Gasteiger charge is 2.48. The molecule has 16 N–H and O–H groups in total. The van der Waals surface area contributed by atoms with Gasteiger partial charge < -0.3 is 108 Å². The SMILES string of the molecule is CCCC[C@H]1C(=O)N2C[C@@H](O)C[C@@H]2C(=O)N[C@@H](COC=O)C(=O)N[C@@H](C)C(=O)N(C)[C@@H](Cc2ccccc2)C(=O)N[C@@H](Cc2ccc(O)cc2)C(=O)N2C[C@@H](O)C[C@@H]2C(=O)N[C@@H](Cc2c[nH]c3ccccc23)C(=O)N[C@@H](Cc2ccc(O)cc2)C(=O)N[C@@H](CC(C)C)C(=O)N[C@H](C(=O)NCC(N)=O)CSCC(=O)N[C@@H](Cc2ccccc2)C(=O)N(C)[C@@H](Cc2ccccc2)C(=O)N1C. The predicted octanol–water partition coefficient (Wildman–Crippen LogP) is 0.396. The highest BCUT2D eigenvalue weighted by molar-refractivity contribution is 8.00. The molecule has 15 amide bonds. The standard InChI is InChI=1S/C95H118N16O21S/c1-8-9-29-76-95(131)111-50-66(116)46-79(111)90(126)105-74(51-132-54-112)87(123)99-56(4)91(127)108(6)77(42-58-23-15-11-16-24-58)88(124)104-73(41-61-32-36-64(114)37-33-61)93(129)110-49-65(115)45-78(110)89(125)103-71(44-62-47-97-68-28-20-19-27-67(62)68)86(122)102-70(39-60-30-34-63(113)35-31-60)85(121)101-69(38-55(2)3)84(120)106-75(83(119)98-48-81(96)117)52-133-53-82(118)100-72(40-57-21-13-10-14-22-57)92(128)109(7)80(94(130)107(76)5)43-59-25-17-12-18-26-59/h10-28,30-37,47,54-56,65-66,69-80,97,113-116H,8-9,29,38-46,48-53H2,1-7H3,(H2,96,117)(H,98,119)(H,99,123)(H,100,118)(H,101,121)(H,102,122)(H,103,125)(H,104,124)(H,105,126)(H,106,120)/t56-,65-,66-,69-,70-,71-,72-,73-,74-,75-,76-,77-,78+,79+,80-/m0/s1. The van der Waals surface area contributed by atoms with E-state index < -0.39 is 230 Å². The van der Waals surface area contributed by atoms with Gasteiger partial charge in [-0.3, -0.25) is 76.7 Å². The third-order valence-corrected chi connectivity index (χ3v) is 24.7. The summed E-state index contributed by atoms with van der Waals surface area (Å²) in [7, 11) is 3.98. The molecule has 3 fully saturated rings. The average Bonchev–Trinajstić information content (AvgIpc) is 1.48. The number of ether oxygens (including phenoxy) is 1. The molecule has 37 nitrogen and oxygen atoms in total. The third-order valence-electron chi connectivity index (χ3n) is 23.7. The Kier molecular flexibility index (Phi) is 36.9. The maximum Gasteiger partial charge on any atom is 0.293 e. The number of rotatable bonds is 23. The number of benzene rings is 6. The van der Waals surface area contributed by atoms with Gasteiger partial charge >= 0.3 is 0 Å². The van der Waals surface area contributed by atoms with Crippen molar-refractivity contribution >= 4 is 118 Å². The van der Waals surface area contributed by atoms with Crippen molar-refractivity contribution in [2.75, 3.05) is 58.9 Å². The van der Waals surface area contributed by atoms with Crippen LogP contribution in [0.2, 0.25) is 0 Å². The number of aliphatic hydroxyl groups is 2. The number of nitrogens with zero attached hydrogens (tertiary/aromatic N) is 5. The number of hydrogen-bond acceptors (Lipinski definition) is 22. The first-order valence-corrected chi connectivity index (χ1v) is 45.3. The van der Waals surface area contributed by atoms with Crippen molar-refractivity contribution in [3.05, 3.63) is 203 Å². The number of H-pyrrole nitrogens is 1. The molecule has 1 aromatic heterocycles. The molecular formula is C95H118N16O21S. The molecule has 0 aliphatic carbocycles. The zero-order valence-electron chi connectivity index (χ0n) is 75.2. The summed E-state index contributed by atoms with van der Waals surface area (Å²) >= 11 is 0.818. The van der Waals surface area contributed by atoms with Gasteiger partial charge in [-0.05, 0) is 89.4 Å². The van der Waals surface area contributed by atoms with Gasteiger partial charge in [0.15, 0.2) is 0 Å². The molecule has 7 aromatic rings. The number of fused-ring (bicyclic) bond motifs is 3. The summed E-state index contributed by atoms with van der Waals surface area (Å²) in [6.07, 6.45) is -2.80. The number of amides is 15. The lowest BCUT2D eigenvalue weighted by atomic mass is 9.99. The van der Waals surface area contributed by atoms with Crippen LogP contribution in [-0.2, 0) is 120 Å². The number of aromatic nitrogens is 1. The van der Waals surface area contributed by atoms with Crippen molar-refractivity contribution in [3.63, 3.8) is 0 Å². The quantitative estimate of drug-likeness (QED) is 0.0385. The first-order valence-electron chi connectivity index (χ1n) is 44.2. The van der Waals surface area contributed by atoms with Crippen molar-refractivity contribution in [2.24, 2.45) is 11.7 Å². The number of para-hydroxylation sites is 1. The minimum Gasteiger partial charge on any atom is -0.508 e. The van der Waals surface area contributed by atoms with Crippen LogP contribution >= 0.6 is 11.8 Å². The second kappa shape index (κ2) is 48.4. The second-order valence-electron chi connectivity index (χ2n) is 34.2. The summed E-state index contributed by atoms with van der Waals surface area (Å²) in [6, 6.07) is 23.4. The molecule has 0 unspecified atom stereocenters. The van der Waals surface area contributed by atoms with Crippen LogP contribution in [0.15, 0.2) is 170 Å². The lowest BCUT2D eigenvalue weighted by Gasteiger charge is -2.38. The Balaban J connectivity index is 1.05. The molecule has 38 heteroatoms. The van der Waals surface area contributed by atoms with Crippen LogP contribution in [0.1, 0.15) is 99.6 Å². The molecule has 0 bridgehead atoms. The van der Waals surface area contributed by atoms with Crippen molar-refractivity contribution in [1.82, 2.24) is 77.3 Å². The van der Waals surface area contributed by atoms with Crippen molar-refractivity contribution in [2.45, 2.75) is 195 Å². The Bertz CT molecular complexity index is 5250. The van der Waals surface area contributed by atoms with E-state index in [9.17, 15) is 49.2 Å². The summed E-state index contributed by atoms with van der Waals surface area (Å²) < 4.78 is 5.06. The number of primary amides is 1. The summed E-state index contributed by atoms with van der Waals surface area (Å²) in [5, 5.41) is 68.6. The summed E-state index contributed by atoms with van der Waals surface area (Å²) in [5.41, 5.74) is 8.97. The fraction of sp³-hybridized carbons (Fsp3) is 0.432. The number of thioether (sulfide) groups is 1. The van der Waals surface area contributed by atoms with E-state index in [2.05, 4.69) is 52.8 Å². The fourth-order valence-corrected chi connectivity index (χ4v) is 17.4. The summed E-state index contributed by atoms with van der Waals surface area (Å²) in [5.74, 6) is -15.5. The van der Waals surface area contributed by atoms with Crippen molar-refractivity contribution in [3.8, 4) is 11.5 Å². The Labute approximate surface area is 773 Å². The van der Waals surface area contributed by atoms with Gasteiger partial charge in [0, 0.05) is 108 Å². The number of carbonyl (C=O) groups excluding carboxylic acids is 16. The van der Waals surface area contributed by atoms with Crippen LogP contribution in [0.5, 0.6) is 11.5 Å². The zero-order valence-corrected chi connectivity index (χ0v) is 76.0. The van der Waals surface area contributed by atoms with Crippen LogP contribution in [0.3, 0.4) is 0 Å². The van der Waals surface area contributed by atoms with Gasteiger partial charge in [-0.2, -0.15) is 0 Å². The lowest BCUT2D eigenvalue weighted by molar-refractivity contribution is -0.152. The average molecular weight is 1850 g/mol. The molecule has 10 rings (SSSR count). The first kappa shape index (κ1) is 101. The number of phenols is 2. The number of aliphatic hydroxyl groups excluding tert-OH is 2. The molecule has 3 saturated heterocycles. The first-order chi connectivity index (χ1) is 63.6. The van der Waals surface area contributed by atoms with E-state index in [1.165, 1.54) is 76.6 Å². The number of phenolic OH excluding ortho intramolecular Hbond substituents is 2. The van der Waals surface area contributed by atoms with E-state index in [1.54, 1.807) is 135 Å². The molecule has 0 saturated carbocycles. The zero-order chi connectivity index (χ0) is 96.3. The Morgan fingerprint density at radius 2 is 0.947 bits per heavy atom. The molecule has 3 aliphatic heterocycles. The van der Waals surface area contributed by atoms with E-state index in [4.69, 9.17) is 10.5 Å². The van der Waals surface area contributed by atoms with Gasteiger partial charge in [-0.25, -0.2) is 0 Å². The largest absolute Gasteiger partial charge is 0.508 e. The van der Waals surface area contributed by atoms with Crippen LogP contribution in [0.4, 0.5) is 0 Å². The Hall–Kier alpha value is -13.8. The van der Waals surface area contributed by atoms with Crippen molar-refractivity contribution < 1.29 is 102 Å². The number of nitrogens with one attached hydrogen (secondary N) is 10. The maximum atomic E-state index is 15.7. The highest BCUT2D eigenvalue weighted by Crippen LogP contribution is 2.29. The number of aromatic amines is 1. The molecule has 15 atom stereocenters. The molecule has 0 spiro atoms. The maximum absolute atomic E-state index is 15.7. The number of nitrogens with two attached hydrogens (primary N) is 1. The number of hydrogen-bond donors (Lipinski definition) is 15. The number of unbranched alkanes of at least 4 members (excludes halogenated alkanes) is 1. The van der Waals surface area contributed by atoms with Gasteiger partial charge in [0.2, 0.25) is 88.6 Å². The summed E-state index contributed by atoms with van der Waals surface area (Å²) in [6.45, 7) is 4.06. The van der Waals surface area contributed by atoms with Gasteiger partial charge in [0.25, 0.3) is 6.47 Å². The van der Waals surface area contributed by atoms with E-state index >= 15 is 47.9 Å². The van der Waals surface area contributed by atoms with E-state index in [1.807, 2.05) is 6.92 Å². The van der Waals surface area contributed by atoms with Crippen LogP contribution in [0.25, 0.3) is 10.9 Å². The molecule has 710 valence electrons. The molecule has 3 aliphatic rings. The molecular weight excluding hydrogens is 1730 g/mol.